The second-order valence-corrected chi connectivity index (χ2v) is 4.09. The van der Waals surface area contributed by atoms with Gasteiger partial charge in [-0.25, -0.2) is 0 Å². The van der Waals surface area contributed by atoms with Gasteiger partial charge in [-0.2, -0.15) is 13.2 Å². The molecule has 0 radical (unpaired) electrons. The number of nitro benzene ring substituents is 1. The zero-order valence-electron chi connectivity index (χ0n) is 10.0. The van der Waals surface area contributed by atoms with E-state index in [1.165, 1.54) is 0 Å². The van der Waals surface area contributed by atoms with Crippen LogP contribution in [0.4, 0.5) is 18.9 Å². The minimum atomic E-state index is -4.82. The lowest BCUT2D eigenvalue weighted by Gasteiger charge is -2.18. The van der Waals surface area contributed by atoms with E-state index >= 15 is 0 Å². The minimum Gasteiger partial charge on any atom is -0.396 e. The fraction of sp³-hybridized carbons (Fsp3) is 0.455. The first-order valence-electron chi connectivity index (χ1n) is 5.50. The fourth-order valence-electron chi connectivity index (χ4n) is 1.59. The molecule has 2 unspecified atom stereocenters. The first-order chi connectivity index (χ1) is 9.16. The van der Waals surface area contributed by atoms with Crippen molar-refractivity contribution in [2.24, 2.45) is 0 Å². The van der Waals surface area contributed by atoms with Crippen LogP contribution in [0.3, 0.4) is 0 Å². The molecule has 0 aromatic heterocycles. The predicted molar refractivity (Wildman–Crippen MR) is 60.8 cm³/mol. The van der Waals surface area contributed by atoms with Crippen molar-refractivity contribution in [1.82, 2.24) is 0 Å². The lowest BCUT2D eigenvalue weighted by molar-refractivity contribution is -0.385. The van der Waals surface area contributed by atoms with Gasteiger partial charge in [0.15, 0.2) is 0 Å². The Balaban J connectivity index is 3.25. The first kappa shape index (κ1) is 16.3. The van der Waals surface area contributed by atoms with Crippen LogP contribution in [-0.4, -0.2) is 33.0 Å². The van der Waals surface area contributed by atoms with Crippen LogP contribution in [0.15, 0.2) is 18.2 Å². The predicted octanol–water partition coefficient (Wildman–Crippen LogP) is 1.39. The fourth-order valence-corrected chi connectivity index (χ4v) is 1.59. The van der Waals surface area contributed by atoms with Crippen LogP contribution in [0.25, 0.3) is 0 Å². The number of nitro groups is 1. The Labute approximate surface area is 111 Å². The number of aliphatic hydroxyl groups is 3. The molecule has 0 fully saturated rings. The second kappa shape index (κ2) is 6.16. The lowest BCUT2D eigenvalue weighted by Crippen LogP contribution is -2.20. The van der Waals surface area contributed by atoms with Crippen molar-refractivity contribution >= 4 is 5.69 Å². The summed E-state index contributed by atoms with van der Waals surface area (Å²) in [4.78, 5) is 9.58. The molecular formula is C11H12F3NO5. The first-order valence-corrected chi connectivity index (χ1v) is 5.50. The van der Waals surface area contributed by atoms with Crippen molar-refractivity contribution < 1.29 is 33.4 Å². The standard InChI is InChI=1S/C11H12F3NO5/c12-11(13,14)7-3-6(4-8(5-7)15(19)20)10(18)9(17)1-2-16/h3-5,9-10,16-18H,1-2H2. The van der Waals surface area contributed by atoms with Crippen LogP contribution in [0.1, 0.15) is 23.7 Å². The van der Waals surface area contributed by atoms with Gasteiger partial charge in [0.05, 0.1) is 16.6 Å². The lowest BCUT2D eigenvalue weighted by atomic mass is 9.99. The Morgan fingerprint density at radius 3 is 2.30 bits per heavy atom. The highest BCUT2D eigenvalue weighted by atomic mass is 19.4. The molecular weight excluding hydrogens is 283 g/mol. The maximum Gasteiger partial charge on any atom is 0.416 e. The molecule has 20 heavy (non-hydrogen) atoms. The number of halogens is 3. The second-order valence-electron chi connectivity index (χ2n) is 4.09. The third kappa shape index (κ3) is 3.89. The van der Waals surface area contributed by atoms with Gasteiger partial charge in [-0.3, -0.25) is 10.1 Å². The molecule has 6 nitrogen and oxygen atoms in total. The van der Waals surface area contributed by atoms with Gasteiger partial charge in [-0.15, -0.1) is 0 Å². The Kier molecular flexibility index (Phi) is 5.03. The Morgan fingerprint density at radius 1 is 1.25 bits per heavy atom. The number of rotatable bonds is 5. The molecule has 1 aromatic carbocycles. The van der Waals surface area contributed by atoms with E-state index in [2.05, 4.69) is 0 Å². The third-order valence-electron chi connectivity index (χ3n) is 2.61. The summed E-state index contributed by atoms with van der Waals surface area (Å²) in [6.45, 7) is -0.487. The van der Waals surface area contributed by atoms with Crippen LogP contribution >= 0.6 is 0 Å². The van der Waals surface area contributed by atoms with Crippen molar-refractivity contribution in [2.45, 2.75) is 24.8 Å². The molecule has 0 spiro atoms. The summed E-state index contributed by atoms with van der Waals surface area (Å²) in [6.07, 6.45) is -8.38. The van der Waals surface area contributed by atoms with Gasteiger partial charge >= 0.3 is 6.18 Å². The summed E-state index contributed by atoms with van der Waals surface area (Å²) in [6, 6.07) is 1.62. The normalized spacial score (nSPS) is 14.9. The maximum absolute atomic E-state index is 12.6. The smallest absolute Gasteiger partial charge is 0.396 e. The van der Waals surface area contributed by atoms with Gasteiger partial charge in [0.25, 0.3) is 5.69 Å². The molecule has 2 atom stereocenters. The zero-order valence-corrected chi connectivity index (χ0v) is 10.0. The van der Waals surface area contributed by atoms with Gasteiger partial charge in [0.2, 0.25) is 0 Å². The molecule has 3 N–H and O–H groups in total. The van der Waals surface area contributed by atoms with E-state index in [-0.39, 0.29) is 6.42 Å². The van der Waals surface area contributed by atoms with Crippen molar-refractivity contribution in [3.63, 3.8) is 0 Å². The number of benzene rings is 1. The van der Waals surface area contributed by atoms with Gasteiger partial charge in [-0.1, -0.05) is 0 Å². The summed E-state index contributed by atoms with van der Waals surface area (Å²) in [5, 5.41) is 38.3. The van der Waals surface area contributed by atoms with Crippen LogP contribution in [0.5, 0.6) is 0 Å². The van der Waals surface area contributed by atoms with Crippen molar-refractivity contribution in [1.29, 1.82) is 0 Å². The Hall–Kier alpha value is -1.71. The number of hydrogen-bond acceptors (Lipinski definition) is 5. The minimum absolute atomic E-state index is 0.273. The van der Waals surface area contributed by atoms with Crippen molar-refractivity contribution in [2.75, 3.05) is 6.61 Å². The van der Waals surface area contributed by atoms with E-state index < -0.39 is 46.7 Å². The maximum atomic E-state index is 12.6. The van der Waals surface area contributed by atoms with E-state index in [1.54, 1.807) is 0 Å². The third-order valence-corrected chi connectivity index (χ3v) is 2.61. The molecule has 0 saturated carbocycles. The quantitative estimate of drug-likeness (QED) is 0.562. The zero-order chi connectivity index (χ0) is 15.5. The van der Waals surface area contributed by atoms with Gasteiger partial charge in [0, 0.05) is 18.7 Å². The monoisotopic (exact) mass is 295 g/mol. The number of hydrogen-bond donors (Lipinski definition) is 3. The van der Waals surface area contributed by atoms with Crippen molar-refractivity contribution in [3.8, 4) is 0 Å². The molecule has 0 heterocycles. The van der Waals surface area contributed by atoms with Crippen LogP contribution in [0.2, 0.25) is 0 Å². The highest BCUT2D eigenvalue weighted by Crippen LogP contribution is 2.34. The SMILES string of the molecule is O=[N+]([O-])c1cc(C(O)C(O)CCO)cc(C(F)(F)F)c1. The number of aliphatic hydroxyl groups excluding tert-OH is 3. The summed E-state index contributed by atoms with van der Waals surface area (Å²) in [7, 11) is 0. The van der Waals surface area contributed by atoms with Crippen molar-refractivity contribution in [3.05, 3.63) is 39.4 Å². The van der Waals surface area contributed by atoms with E-state index in [0.717, 1.165) is 6.07 Å². The molecule has 0 bridgehead atoms. The van der Waals surface area contributed by atoms with E-state index in [4.69, 9.17) is 5.11 Å². The van der Waals surface area contributed by atoms with Crippen LogP contribution in [0, 0.1) is 10.1 Å². The topological polar surface area (TPSA) is 104 Å². The Bertz CT molecular complexity index is 491. The highest BCUT2D eigenvalue weighted by molar-refractivity contribution is 5.41. The molecule has 0 amide bonds. The average Bonchev–Trinajstić information content (AvgIpc) is 2.36. The summed E-state index contributed by atoms with van der Waals surface area (Å²) in [5.41, 5.74) is -2.57. The average molecular weight is 295 g/mol. The van der Waals surface area contributed by atoms with Gasteiger partial charge in [-0.05, 0) is 18.1 Å². The summed E-state index contributed by atoms with van der Waals surface area (Å²) >= 11 is 0. The number of alkyl halides is 3. The highest BCUT2D eigenvalue weighted by Gasteiger charge is 2.34. The summed E-state index contributed by atoms with van der Waals surface area (Å²) < 4.78 is 37.9. The Morgan fingerprint density at radius 2 is 1.85 bits per heavy atom. The van der Waals surface area contributed by atoms with Gasteiger partial charge in [0.1, 0.15) is 6.10 Å². The molecule has 9 heteroatoms. The molecule has 0 saturated heterocycles. The van der Waals surface area contributed by atoms with E-state index in [0.29, 0.717) is 12.1 Å². The van der Waals surface area contributed by atoms with Gasteiger partial charge < -0.3 is 15.3 Å². The van der Waals surface area contributed by atoms with E-state index in [9.17, 15) is 33.5 Å². The van der Waals surface area contributed by atoms with Crippen LogP contribution < -0.4 is 0 Å². The number of nitrogens with zero attached hydrogens (tertiary/aromatic N) is 1. The van der Waals surface area contributed by atoms with E-state index in [1.807, 2.05) is 0 Å². The molecule has 112 valence electrons. The van der Waals surface area contributed by atoms with Crippen LogP contribution in [-0.2, 0) is 6.18 Å². The molecule has 0 aliphatic carbocycles. The number of non-ortho nitro benzene ring substituents is 1. The molecule has 1 aromatic rings. The molecule has 1 rings (SSSR count). The molecule has 0 aliphatic rings. The molecule has 0 aliphatic heterocycles. The summed E-state index contributed by atoms with van der Waals surface area (Å²) in [5.74, 6) is 0. The largest absolute Gasteiger partial charge is 0.416 e.